The first-order chi connectivity index (χ1) is 12.2. The molecule has 4 rings (SSSR count). The van der Waals surface area contributed by atoms with Gasteiger partial charge in [0, 0.05) is 5.69 Å². The number of fused-ring (bicyclic) bond motifs is 2. The largest absolute Gasteiger partial charge is 0.291 e. The van der Waals surface area contributed by atoms with E-state index in [0.717, 1.165) is 37.2 Å². The van der Waals surface area contributed by atoms with Crippen LogP contribution in [-0.2, 0) is 37.0 Å². The predicted molar refractivity (Wildman–Crippen MR) is 101 cm³/mol. The fourth-order valence-corrected chi connectivity index (χ4v) is 4.35. The van der Waals surface area contributed by atoms with Gasteiger partial charge in [-0.2, -0.15) is 0 Å². The molecule has 0 spiro atoms. The summed E-state index contributed by atoms with van der Waals surface area (Å²) in [6.45, 7) is 2.71. The van der Waals surface area contributed by atoms with E-state index < -0.39 is 0 Å². The quantitative estimate of drug-likeness (QED) is 0.773. The first kappa shape index (κ1) is 16.6. The molecule has 4 heteroatoms. The summed E-state index contributed by atoms with van der Waals surface area (Å²) in [5.74, 6) is 0.609. The lowest BCUT2D eigenvalue weighted by molar-refractivity contribution is -0.116. The van der Waals surface area contributed by atoms with Crippen LogP contribution < -0.4 is 4.90 Å². The van der Waals surface area contributed by atoms with Gasteiger partial charge in [-0.1, -0.05) is 18.2 Å². The van der Waals surface area contributed by atoms with E-state index in [1.165, 1.54) is 40.7 Å². The highest BCUT2D eigenvalue weighted by atomic mass is 35.5. The van der Waals surface area contributed by atoms with Crippen molar-refractivity contribution < 1.29 is 4.79 Å². The van der Waals surface area contributed by atoms with Gasteiger partial charge in [0.05, 0.1) is 6.54 Å². The molecule has 0 saturated carbocycles. The third kappa shape index (κ3) is 3.18. The van der Waals surface area contributed by atoms with E-state index in [-0.39, 0.29) is 11.8 Å². The van der Waals surface area contributed by atoms with Gasteiger partial charge in [0.15, 0.2) is 0 Å². The van der Waals surface area contributed by atoms with Crippen LogP contribution in [0.4, 0.5) is 5.82 Å². The summed E-state index contributed by atoms with van der Waals surface area (Å²) < 4.78 is 0. The zero-order chi connectivity index (χ0) is 17.4. The van der Waals surface area contributed by atoms with E-state index in [2.05, 4.69) is 25.1 Å². The topological polar surface area (TPSA) is 33.2 Å². The Morgan fingerprint density at radius 1 is 1.12 bits per heavy atom. The van der Waals surface area contributed by atoms with Crippen LogP contribution in [-0.4, -0.2) is 16.8 Å². The number of pyridine rings is 1. The lowest BCUT2D eigenvalue weighted by atomic mass is 10.0. The van der Waals surface area contributed by atoms with Crippen molar-refractivity contribution in [1.29, 1.82) is 0 Å². The molecule has 1 amide bonds. The third-order valence-corrected chi connectivity index (χ3v) is 5.67. The van der Waals surface area contributed by atoms with Gasteiger partial charge < -0.3 is 0 Å². The van der Waals surface area contributed by atoms with E-state index >= 15 is 0 Å². The zero-order valence-electron chi connectivity index (χ0n) is 14.6. The number of carbonyl (C=O) groups excluding carboxylic acids is 1. The maximum absolute atomic E-state index is 12.5. The van der Waals surface area contributed by atoms with Crippen LogP contribution in [0.3, 0.4) is 0 Å². The summed E-state index contributed by atoms with van der Waals surface area (Å²) in [5, 5.41) is 0. The van der Waals surface area contributed by atoms with Crippen LogP contribution in [0.2, 0.25) is 0 Å². The van der Waals surface area contributed by atoms with Crippen molar-refractivity contribution in [3.05, 3.63) is 57.8 Å². The summed E-state index contributed by atoms with van der Waals surface area (Å²) in [5.41, 5.74) is 7.89. The maximum Gasteiger partial charge on any atom is 0.243 e. The number of amides is 1. The lowest BCUT2D eigenvalue weighted by Crippen LogP contribution is -2.32. The van der Waals surface area contributed by atoms with Crippen molar-refractivity contribution in [3.63, 3.8) is 0 Å². The number of aryl methyl sites for hydroxylation is 4. The standard InChI is InChI=1S/C21H23ClN2O/c1-14-10-15(11-17-5-2-6-18(14)17)13-24(21(25)12-22)20-9-8-16-4-3-7-19(16)23-20/h8-11H,2-7,12-13H2,1H3. The first-order valence-corrected chi connectivity index (χ1v) is 9.65. The molecule has 1 aromatic carbocycles. The molecule has 25 heavy (non-hydrogen) atoms. The van der Waals surface area contributed by atoms with Crippen molar-refractivity contribution in [2.75, 3.05) is 10.8 Å². The number of benzene rings is 1. The molecule has 0 radical (unpaired) electrons. The first-order valence-electron chi connectivity index (χ1n) is 9.12. The average molecular weight is 355 g/mol. The van der Waals surface area contributed by atoms with Crippen LogP contribution in [0.5, 0.6) is 0 Å². The van der Waals surface area contributed by atoms with E-state index in [1.807, 2.05) is 6.07 Å². The fraction of sp³-hybridized carbons (Fsp3) is 0.429. The SMILES string of the molecule is Cc1cc(CN(C(=O)CCl)c2ccc3c(n2)CCC3)cc2c1CCC2. The summed E-state index contributed by atoms with van der Waals surface area (Å²) >= 11 is 5.89. The van der Waals surface area contributed by atoms with Crippen LogP contribution in [0.15, 0.2) is 24.3 Å². The fourth-order valence-electron chi connectivity index (χ4n) is 4.21. The van der Waals surface area contributed by atoms with E-state index in [0.29, 0.717) is 6.54 Å². The summed E-state index contributed by atoms with van der Waals surface area (Å²) in [6, 6.07) is 8.56. The summed E-state index contributed by atoms with van der Waals surface area (Å²) in [6.07, 6.45) is 6.80. The number of carbonyl (C=O) groups is 1. The highest BCUT2D eigenvalue weighted by Gasteiger charge is 2.21. The molecule has 0 aliphatic heterocycles. The average Bonchev–Trinajstić information content (AvgIpc) is 3.27. The number of halogens is 1. The minimum Gasteiger partial charge on any atom is -0.291 e. The second-order valence-electron chi connectivity index (χ2n) is 7.15. The van der Waals surface area contributed by atoms with Crippen LogP contribution in [0.25, 0.3) is 0 Å². The van der Waals surface area contributed by atoms with Crippen molar-refractivity contribution in [2.45, 2.75) is 52.0 Å². The Morgan fingerprint density at radius 3 is 2.76 bits per heavy atom. The molecule has 0 saturated heterocycles. The Labute approximate surface area is 154 Å². The third-order valence-electron chi connectivity index (χ3n) is 5.44. The minimum atomic E-state index is -0.0923. The number of alkyl halides is 1. The van der Waals surface area contributed by atoms with E-state index in [4.69, 9.17) is 16.6 Å². The minimum absolute atomic E-state index is 0.0251. The van der Waals surface area contributed by atoms with Gasteiger partial charge in [-0.05, 0) is 79.3 Å². The number of nitrogens with zero attached hydrogens (tertiary/aromatic N) is 2. The second kappa shape index (κ2) is 6.80. The number of hydrogen-bond acceptors (Lipinski definition) is 2. The molecule has 2 aliphatic carbocycles. The smallest absolute Gasteiger partial charge is 0.243 e. The molecular formula is C21H23ClN2O. The monoisotopic (exact) mass is 354 g/mol. The maximum atomic E-state index is 12.5. The number of anilines is 1. The van der Waals surface area contributed by atoms with Crippen molar-refractivity contribution >= 4 is 23.3 Å². The molecule has 0 N–H and O–H groups in total. The van der Waals surface area contributed by atoms with Gasteiger partial charge >= 0.3 is 0 Å². The van der Waals surface area contributed by atoms with Gasteiger partial charge in [0.1, 0.15) is 11.7 Å². The van der Waals surface area contributed by atoms with E-state index in [9.17, 15) is 4.79 Å². The Kier molecular flexibility index (Phi) is 4.51. The van der Waals surface area contributed by atoms with Gasteiger partial charge in [0.25, 0.3) is 0 Å². The highest BCUT2D eigenvalue weighted by Crippen LogP contribution is 2.29. The van der Waals surface area contributed by atoms with Crippen LogP contribution in [0.1, 0.15) is 46.4 Å². The van der Waals surface area contributed by atoms with Gasteiger partial charge in [-0.15, -0.1) is 11.6 Å². The summed E-state index contributed by atoms with van der Waals surface area (Å²) in [4.78, 5) is 19.0. The second-order valence-corrected chi connectivity index (χ2v) is 7.41. The number of rotatable bonds is 4. The molecule has 0 fully saturated rings. The molecule has 2 aliphatic rings. The molecule has 1 aromatic heterocycles. The Balaban J connectivity index is 1.66. The molecule has 130 valence electrons. The predicted octanol–water partition coefficient (Wildman–Crippen LogP) is 4.14. The normalized spacial score (nSPS) is 15.1. The van der Waals surface area contributed by atoms with Gasteiger partial charge in [0.2, 0.25) is 5.91 Å². The molecular weight excluding hydrogens is 332 g/mol. The Morgan fingerprint density at radius 2 is 1.92 bits per heavy atom. The van der Waals surface area contributed by atoms with Crippen LogP contribution in [0, 0.1) is 6.92 Å². The molecule has 2 aromatic rings. The zero-order valence-corrected chi connectivity index (χ0v) is 15.4. The number of aromatic nitrogens is 1. The van der Waals surface area contributed by atoms with Crippen molar-refractivity contribution in [2.24, 2.45) is 0 Å². The highest BCUT2D eigenvalue weighted by molar-refractivity contribution is 6.29. The molecule has 3 nitrogen and oxygen atoms in total. The van der Waals surface area contributed by atoms with Gasteiger partial charge in [-0.25, -0.2) is 4.98 Å². The number of hydrogen-bond donors (Lipinski definition) is 0. The Hall–Kier alpha value is -1.87. The summed E-state index contributed by atoms with van der Waals surface area (Å²) in [7, 11) is 0. The molecule has 0 bridgehead atoms. The Bertz CT molecular complexity index is 831. The molecule has 1 heterocycles. The van der Waals surface area contributed by atoms with Crippen molar-refractivity contribution in [1.82, 2.24) is 4.98 Å². The lowest BCUT2D eigenvalue weighted by Gasteiger charge is -2.22. The van der Waals surface area contributed by atoms with Crippen molar-refractivity contribution in [3.8, 4) is 0 Å². The van der Waals surface area contributed by atoms with E-state index in [1.54, 1.807) is 4.90 Å². The van der Waals surface area contributed by atoms with Crippen LogP contribution >= 0.6 is 11.6 Å². The molecule has 0 unspecified atom stereocenters. The van der Waals surface area contributed by atoms with Gasteiger partial charge in [-0.3, -0.25) is 9.69 Å². The molecule has 0 atom stereocenters.